The first kappa shape index (κ1) is 34.5. The van der Waals surface area contributed by atoms with Gasteiger partial charge in [0.05, 0.1) is 21.2 Å². The van der Waals surface area contributed by atoms with Crippen molar-refractivity contribution in [2.75, 3.05) is 0 Å². The average Bonchev–Trinajstić information content (AvgIpc) is 3.75. The fourth-order valence-corrected chi connectivity index (χ4v) is 7.64. The summed E-state index contributed by atoms with van der Waals surface area (Å²) in [7, 11) is -8.29. The molecule has 0 fully saturated rings. The minimum Gasteiger partial charge on any atom is -0.298 e. The third-order valence-corrected chi connectivity index (χ3v) is 10.5. The largest absolute Gasteiger partial charge is 0.298 e. The number of nitrogens with zero attached hydrogens (tertiary/aromatic N) is 5. The Bertz CT molecular complexity index is 2490. The van der Waals surface area contributed by atoms with E-state index < -0.39 is 31.7 Å². The van der Waals surface area contributed by atoms with Crippen LogP contribution in [0.5, 0.6) is 0 Å². The number of aldehydes is 2. The molecule has 11 nitrogen and oxygen atoms in total. The second-order valence-electron chi connectivity index (χ2n) is 9.92. The summed E-state index contributed by atoms with van der Waals surface area (Å²) in [5, 5.41) is 9.29. The maximum Gasteiger partial charge on any atom is 0.268 e. The highest BCUT2D eigenvalue weighted by Gasteiger charge is 2.25. The molecule has 0 spiro atoms. The molecule has 16 heteroatoms. The highest BCUT2D eigenvalue weighted by Crippen LogP contribution is 2.31. The summed E-state index contributed by atoms with van der Waals surface area (Å²) in [6.07, 6.45) is 6.15. The van der Waals surface area contributed by atoms with Crippen molar-refractivity contribution in [3.8, 4) is 28.6 Å². The van der Waals surface area contributed by atoms with E-state index in [0.717, 1.165) is 44.6 Å². The van der Waals surface area contributed by atoms with Gasteiger partial charge < -0.3 is 0 Å². The Hall–Kier alpha value is -5.82. The van der Waals surface area contributed by atoms with Gasteiger partial charge in [-0.3, -0.25) is 9.59 Å². The normalized spacial score (nSPS) is 11.2. The van der Waals surface area contributed by atoms with E-state index in [9.17, 15) is 40.5 Å². The summed E-state index contributed by atoms with van der Waals surface area (Å²) in [6, 6.07) is 20.0. The van der Waals surface area contributed by atoms with E-state index in [-0.39, 0.29) is 48.7 Å². The third-order valence-electron chi connectivity index (χ3n) is 6.82. The quantitative estimate of drug-likeness (QED) is 0.136. The Morgan fingerprint density at radius 1 is 0.673 bits per heavy atom. The van der Waals surface area contributed by atoms with Crippen molar-refractivity contribution in [3.63, 3.8) is 0 Å². The number of hydrogen-bond acceptors (Lipinski definition) is 9. The molecule has 0 saturated carbocycles. The van der Waals surface area contributed by atoms with E-state index in [1.165, 1.54) is 54.9 Å². The number of pyridine rings is 2. The lowest BCUT2D eigenvalue weighted by atomic mass is 10.1. The van der Waals surface area contributed by atoms with Crippen LogP contribution in [-0.4, -0.2) is 47.3 Å². The zero-order chi connectivity index (χ0) is 35.3. The van der Waals surface area contributed by atoms with Gasteiger partial charge in [0.1, 0.15) is 28.6 Å². The maximum absolute atomic E-state index is 13.4. The molecule has 49 heavy (non-hydrogen) atoms. The Kier molecular flexibility index (Phi) is 9.94. The molecule has 6 rings (SSSR count). The van der Waals surface area contributed by atoms with Gasteiger partial charge in [-0.15, -0.1) is 0 Å². The zero-order valence-electron chi connectivity index (χ0n) is 24.7. The Morgan fingerprint density at radius 3 is 1.59 bits per heavy atom. The van der Waals surface area contributed by atoms with Gasteiger partial charge in [-0.1, -0.05) is 23.7 Å². The van der Waals surface area contributed by atoms with Crippen LogP contribution in [0.2, 0.25) is 5.15 Å². The van der Waals surface area contributed by atoms with Crippen molar-refractivity contribution in [2.24, 2.45) is 0 Å². The summed E-state index contributed by atoms with van der Waals surface area (Å²) >= 11 is 6.04. The number of aromatic nitrogens is 4. The molecule has 0 unspecified atom stereocenters. The van der Waals surface area contributed by atoms with Crippen LogP contribution in [0.4, 0.5) is 8.78 Å². The Balaban J connectivity index is 0.000000191. The SMILES string of the molecule is N#Cc1ncccc1-c1cc(C=O)cn1S(=O)(=O)c1cccc(F)c1.O=Cc1cc(-c2cccnc2Cl)n(S(=O)(=O)c2cccc(F)c2)c1. The van der Waals surface area contributed by atoms with E-state index in [0.29, 0.717) is 18.1 Å². The van der Waals surface area contributed by atoms with Crippen LogP contribution in [0.3, 0.4) is 0 Å². The summed E-state index contributed by atoms with van der Waals surface area (Å²) < 4.78 is 80.1. The standard InChI is InChI=1S/C17H10FN3O3S.C16H10ClFN2O3S/c18-13-3-1-4-14(8-13)25(23,24)21-10-12(11-22)7-17(21)15-5-2-6-20-16(15)9-19;17-16-14(5-2-6-19-16)15-7-11(10-21)9-20(15)24(22,23)13-4-1-3-12(18)8-13/h1-8,10-11H;1-10H. The minimum absolute atomic E-state index is 0.00809. The molecular formula is C33H20ClF2N5O6S2. The lowest BCUT2D eigenvalue weighted by Crippen LogP contribution is -2.14. The number of benzene rings is 2. The number of hydrogen-bond donors (Lipinski definition) is 0. The van der Waals surface area contributed by atoms with Crippen LogP contribution >= 0.6 is 11.6 Å². The van der Waals surface area contributed by atoms with Crippen LogP contribution < -0.4 is 0 Å². The van der Waals surface area contributed by atoms with E-state index in [1.54, 1.807) is 18.2 Å². The summed E-state index contributed by atoms with van der Waals surface area (Å²) in [4.78, 5) is 29.5. The molecule has 0 bridgehead atoms. The number of carbonyl (C=O) groups is 2. The van der Waals surface area contributed by atoms with Gasteiger partial charge >= 0.3 is 0 Å². The molecule has 0 atom stereocenters. The van der Waals surface area contributed by atoms with Gasteiger partial charge in [0.15, 0.2) is 12.6 Å². The van der Waals surface area contributed by atoms with Gasteiger partial charge in [0.2, 0.25) is 0 Å². The molecule has 2 aromatic carbocycles. The summed E-state index contributed by atoms with van der Waals surface area (Å²) in [5.41, 5.74) is 1.10. The van der Waals surface area contributed by atoms with E-state index in [4.69, 9.17) is 11.6 Å². The second-order valence-corrected chi connectivity index (χ2v) is 13.9. The number of nitriles is 1. The lowest BCUT2D eigenvalue weighted by molar-refractivity contribution is 0.111. The molecule has 0 aliphatic rings. The van der Waals surface area contributed by atoms with Crippen LogP contribution in [-0.2, 0) is 20.0 Å². The highest BCUT2D eigenvalue weighted by molar-refractivity contribution is 7.90. The van der Waals surface area contributed by atoms with E-state index >= 15 is 0 Å². The molecule has 6 aromatic rings. The first-order valence-corrected chi connectivity index (χ1v) is 17.0. The van der Waals surface area contributed by atoms with Crippen LogP contribution in [0.1, 0.15) is 26.4 Å². The predicted octanol–water partition coefficient (Wildman–Crippen LogP) is 6.00. The molecular weight excluding hydrogens is 700 g/mol. The smallest absolute Gasteiger partial charge is 0.268 e. The first-order chi connectivity index (χ1) is 23.4. The second kappa shape index (κ2) is 14.1. The monoisotopic (exact) mass is 719 g/mol. The van der Waals surface area contributed by atoms with Crippen molar-refractivity contribution in [2.45, 2.75) is 9.79 Å². The fraction of sp³-hybridized carbons (Fsp3) is 0. The van der Waals surface area contributed by atoms with E-state index in [2.05, 4.69) is 9.97 Å². The number of carbonyl (C=O) groups excluding carboxylic acids is 2. The minimum atomic E-state index is -4.17. The van der Waals surface area contributed by atoms with Gasteiger partial charge in [0.25, 0.3) is 20.0 Å². The van der Waals surface area contributed by atoms with Crippen LogP contribution in [0.25, 0.3) is 22.5 Å². The molecule has 246 valence electrons. The Labute approximate surface area is 283 Å². The molecule has 0 aliphatic carbocycles. The summed E-state index contributed by atoms with van der Waals surface area (Å²) in [6.45, 7) is 0. The molecule has 4 aromatic heterocycles. The average molecular weight is 720 g/mol. The lowest BCUT2D eigenvalue weighted by Gasteiger charge is -2.11. The van der Waals surface area contributed by atoms with Gasteiger partial charge in [-0.25, -0.2) is 43.5 Å². The maximum atomic E-state index is 13.4. The van der Waals surface area contributed by atoms with Crippen molar-refractivity contribution in [1.29, 1.82) is 5.26 Å². The predicted molar refractivity (Wildman–Crippen MR) is 174 cm³/mol. The topological polar surface area (TPSA) is 162 Å². The van der Waals surface area contributed by atoms with Crippen molar-refractivity contribution in [1.82, 2.24) is 17.9 Å². The molecule has 4 heterocycles. The zero-order valence-corrected chi connectivity index (χ0v) is 27.1. The summed E-state index contributed by atoms with van der Waals surface area (Å²) in [5.74, 6) is -1.38. The van der Waals surface area contributed by atoms with Crippen LogP contribution in [0.15, 0.2) is 120 Å². The molecule has 0 aliphatic heterocycles. The fourth-order valence-electron chi connectivity index (χ4n) is 4.61. The highest BCUT2D eigenvalue weighted by atomic mass is 35.5. The molecule has 0 amide bonds. The number of halogens is 3. The van der Waals surface area contributed by atoms with Gasteiger partial charge in [-0.2, -0.15) is 5.26 Å². The first-order valence-electron chi connectivity index (χ1n) is 13.7. The van der Waals surface area contributed by atoms with Gasteiger partial charge in [0, 0.05) is 47.0 Å². The van der Waals surface area contributed by atoms with E-state index in [1.807, 2.05) is 6.07 Å². The van der Waals surface area contributed by atoms with Crippen molar-refractivity contribution < 1.29 is 35.2 Å². The molecule has 0 N–H and O–H groups in total. The number of rotatable bonds is 8. The van der Waals surface area contributed by atoms with Gasteiger partial charge in [-0.05, 0) is 72.8 Å². The molecule has 0 saturated heterocycles. The Morgan fingerprint density at radius 2 is 1.14 bits per heavy atom. The van der Waals surface area contributed by atoms with Crippen LogP contribution in [0, 0.1) is 23.0 Å². The third kappa shape index (κ3) is 7.06. The van der Waals surface area contributed by atoms with Crippen molar-refractivity contribution in [3.05, 3.63) is 143 Å². The van der Waals surface area contributed by atoms with Crippen molar-refractivity contribution >= 4 is 44.2 Å². The molecule has 0 radical (unpaired) electrons.